The monoisotopic (exact) mass is 153 g/mol. The van der Waals surface area contributed by atoms with Crippen LogP contribution in [0.4, 0.5) is 5.69 Å². The average molecular weight is 153 g/mol. The molecule has 4 heteroatoms. The predicted octanol–water partition coefficient (Wildman–Crippen LogP) is 0.387. The van der Waals surface area contributed by atoms with Gasteiger partial charge in [0.05, 0.1) is 5.69 Å². The van der Waals surface area contributed by atoms with Gasteiger partial charge in [0.25, 0.3) is 0 Å². The third-order valence-corrected chi connectivity index (χ3v) is 1.82. The van der Waals surface area contributed by atoms with Crippen molar-refractivity contribution in [1.29, 1.82) is 0 Å². The average Bonchev–Trinajstić information content (AvgIpc) is 2.19. The largest absolute Gasteiger partial charge is 0.339 e. The van der Waals surface area contributed by atoms with Gasteiger partial charge in [0.15, 0.2) is 0 Å². The Morgan fingerprint density at radius 1 is 1.64 bits per heavy atom. The first-order valence-corrected chi connectivity index (χ1v) is 3.30. The molecule has 0 bridgehead atoms. The number of hydrogen-bond donors (Lipinski definition) is 2. The number of nitrogens with zero attached hydrogens (tertiary/aromatic N) is 1. The van der Waals surface area contributed by atoms with E-state index in [4.69, 9.17) is 5.84 Å². The van der Waals surface area contributed by atoms with Gasteiger partial charge in [-0.25, -0.2) is 0 Å². The quantitative estimate of drug-likeness (QED) is 0.477. The minimum atomic E-state index is 0.641. The van der Waals surface area contributed by atoms with Crippen LogP contribution in [0.15, 0.2) is 6.20 Å². The molecular formula is C7H11N3O. The molecule has 60 valence electrons. The molecule has 11 heavy (non-hydrogen) atoms. The number of nitrogens with two attached hydrogens (primary N) is 1. The summed E-state index contributed by atoms with van der Waals surface area (Å²) >= 11 is 0. The van der Waals surface area contributed by atoms with Crippen molar-refractivity contribution in [2.24, 2.45) is 0 Å². The van der Waals surface area contributed by atoms with Crippen LogP contribution in [0.5, 0.6) is 0 Å². The van der Waals surface area contributed by atoms with E-state index in [1.807, 2.05) is 13.8 Å². The highest BCUT2D eigenvalue weighted by Crippen LogP contribution is 2.17. The molecule has 0 saturated carbocycles. The van der Waals surface area contributed by atoms with Gasteiger partial charge in [-0.05, 0) is 19.4 Å². The molecule has 0 atom stereocenters. The smallest absolute Gasteiger partial charge is 0.211 e. The van der Waals surface area contributed by atoms with E-state index in [9.17, 15) is 4.79 Å². The highest BCUT2D eigenvalue weighted by Gasteiger charge is 2.04. The summed E-state index contributed by atoms with van der Waals surface area (Å²) in [7, 11) is 0. The number of rotatable bonds is 2. The number of hydrogen-bond acceptors (Lipinski definition) is 2. The fraction of sp³-hybridized carbons (Fsp3) is 0.286. The lowest BCUT2D eigenvalue weighted by molar-refractivity contribution is -0.105. The van der Waals surface area contributed by atoms with Gasteiger partial charge in [-0.1, -0.05) is 0 Å². The van der Waals surface area contributed by atoms with Gasteiger partial charge in [0.2, 0.25) is 6.41 Å². The molecule has 4 nitrogen and oxygen atoms in total. The molecule has 0 aromatic carbocycles. The molecule has 0 spiro atoms. The van der Waals surface area contributed by atoms with Crippen LogP contribution >= 0.6 is 0 Å². The number of nitrogens with one attached hydrogen (secondary N) is 1. The van der Waals surface area contributed by atoms with Crippen molar-refractivity contribution in [3.63, 3.8) is 0 Å². The summed E-state index contributed by atoms with van der Waals surface area (Å²) in [5.74, 6) is 5.53. The van der Waals surface area contributed by atoms with E-state index in [1.54, 1.807) is 6.20 Å². The van der Waals surface area contributed by atoms with Crippen molar-refractivity contribution in [2.45, 2.75) is 13.8 Å². The van der Waals surface area contributed by atoms with Crippen molar-refractivity contribution < 1.29 is 4.79 Å². The van der Waals surface area contributed by atoms with Gasteiger partial charge in [-0.15, -0.1) is 0 Å². The highest BCUT2D eigenvalue weighted by molar-refractivity contribution is 5.73. The second-order valence-electron chi connectivity index (χ2n) is 2.42. The van der Waals surface area contributed by atoms with E-state index in [2.05, 4.69) is 5.32 Å². The van der Waals surface area contributed by atoms with E-state index < -0.39 is 0 Å². The Morgan fingerprint density at radius 3 is 2.64 bits per heavy atom. The van der Waals surface area contributed by atoms with Crippen LogP contribution in [0.3, 0.4) is 0 Å². The molecule has 0 aliphatic heterocycles. The van der Waals surface area contributed by atoms with Crippen molar-refractivity contribution in [1.82, 2.24) is 4.68 Å². The van der Waals surface area contributed by atoms with Gasteiger partial charge in [-0.3, -0.25) is 9.47 Å². The standard InChI is InChI=1S/C7H11N3O/c1-5-6(2)10(8)3-7(5)9-4-11/h3-4H,8H2,1-2H3,(H,9,11). The fourth-order valence-corrected chi connectivity index (χ4v) is 0.930. The SMILES string of the molecule is Cc1c(NC=O)cn(N)c1C. The van der Waals surface area contributed by atoms with Gasteiger partial charge in [0.1, 0.15) is 0 Å². The molecule has 1 rings (SSSR count). The Kier molecular flexibility index (Phi) is 1.85. The first kappa shape index (κ1) is 7.65. The molecule has 0 aliphatic rings. The number of carbonyl (C=O) groups is 1. The van der Waals surface area contributed by atoms with Gasteiger partial charge in [-0.2, -0.15) is 0 Å². The first-order valence-electron chi connectivity index (χ1n) is 3.30. The molecule has 1 aromatic rings. The van der Waals surface area contributed by atoms with Crippen molar-refractivity contribution in [3.05, 3.63) is 17.5 Å². The highest BCUT2D eigenvalue weighted by atomic mass is 16.1. The Morgan fingerprint density at radius 2 is 2.27 bits per heavy atom. The summed E-state index contributed by atoms with van der Waals surface area (Å²) in [4.78, 5) is 10.1. The minimum absolute atomic E-state index is 0.641. The Bertz CT molecular complexity index is 277. The molecule has 3 N–H and O–H groups in total. The minimum Gasteiger partial charge on any atom is -0.339 e. The zero-order valence-electron chi connectivity index (χ0n) is 6.59. The molecule has 0 saturated heterocycles. The molecule has 0 unspecified atom stereocenters. The summed E-state index contributed by atoms with van der Waals surface area (Å²) in [6.45, 7) is 3.80. The van der Waals surface area contributed by atoms with E-state index in [0.717, 1.165) is 16.9 Å². The van der Waals surface area contributed by atoms with E-state index in [0.29, 0.717) is 6.41 Å². The number of anilines is 1. The second kappa shape index (κ2) is 2.65. The molecule has 1 aromatic heterocycles. The number of carbonyl (C=O) groups excluding carboxylic acids is 1. The third-order valence-electron chi connectivity index (χ3n) is 1.82. The number of aromatic nitrogens is 1. The Hall–Kier alpha value is -1.45. The van der Waals surface area contributed by atoms with E-state index in [-0.39, 0.29) is 0 Å². The number of amides is 1. The molecule has 1 amide bonds. The Labute approximate surface area is 65.0 Å². The van der Waals surface area contributed by atoms with E-state index in [1.165, 1.54) is 4.68 Å². The van der Waals surface area contributed by atoms with E-state index >= 15 is 0 Å². The fourth-order valence-electron chi connectivity index (χ4n) is 0.930. The molecule has 0 aliphatic carbocycles. The van der Waals surface area contributed by atoms with Crippen molar-refractivity contribution in [3.8, 4) is 0 Å². The van der Waals surface area contributed by atoms with Crippen LogP contribution in [0, 0.1) is 13.8 Å². The van der Waals surface area contributed by atoms with Crippen LogP contribution in [0.1, 0.15) is 11.3 Å². The van der Waals surface area contributed by atoms with Crippen molar-refractivity contribution in [2.75, 3.05) is 11.2 Å². The molecule has 1 heterocycles. The van der Waals surface area contributed by atoms with Gasteiger partial charge >= 0.3 is 0 Å². The second-order valence-corrected chi connectivity index (χ2v) is 2.42. The summed E-state index contributed by atoms with van der Waals surface area (Å²) in [5.41, 5.74) is 2.72. The normalized spacial score (nSPS) is 9.64. The first-order chi connectivity index (χ1) is 5.16. The molecule has 0 fully saturated rings. The van der Waals surface area contributed by atoms with Gasteiger partial charge < -0.3 is 11.2 Å². The van der Waals surface area contributed by atoms with Crippen molar-refractivity contribution >= 4 is 12.1 Å². The van der Waals surface area contributed by atoms with Gasteiger partial charge in [0, 0.05) is 11.9 Å². The summed E-state index contributed by atoms with van der Waals surface area (Å²) < 4.78 is 1.49. The summed E-state index contributed by atoms with van der Waals surface area (Å²) in [6, 6.07) is 0. The lowest BCUT2D eigenvalue weighted by atomic mass is 10.2. The van der Waals surface area contributed by atoms with Crippen LogP contribution in [0.25, 0.3) is 0 Å². The summed E-state index contributed by atoms with van der Waals surface area (Å²) in [6.07, 6.45) is 2.32. The zero-order valence-corrected chi connectivity index (χ0v) is 6.59. The zero-order chi connectivity index (χ0) is 8.43. The van der Waals surface area contributed by atoms with Crippen LogP contribution in [-0.4, -0.2) is 11.1 Å². The molecule has 0 radical (unpaired) electrons. The third kappa shape index (κ3) is 1.19. The van der Waals surface area contributed by atoms with Crippen LogP contribution in [0.2, 0.25) is 0 Å². The Balaban J connectivity index is 3.07. The maximum absolute atomic E-state index is 10.1. The maximum Gasteiger partial charge on any atom is 0.211 e. The molecular weight excluding hydrogens is 142 g/mol. The predicted molar refractivity (Wildman–Crippen MR) is 43.7 cm³/mol. The number of nitrogen functional groups attached to an aromatic ring is 1. The summed E-state index contributed by atoms with van der Waals surface area (Å²) in [5, 5.41) is 2.56. The van der Waals surface area contributed by atoms with Crippen LogP contribution in [-0.2, 0) is 4.79 Å². The maximum atomic E-state index is 10.1. The van der Waals surface area contributed by atoms with Crippen LogP contribution < -0.4 is 11.2 Å². The topological polar surface area (TPSA) is 60.0 Å². The lowest BCUT2D eigenvalue weighted by Crippen LogP contribution is -2.07. The lowest BCUT2D eigenvalue weighted by Gasteiger charge is -1.94.